The number of benzene rings is 1. The number of amides is 2. The van der Waals surface area contributed by atoms with Gasteiger partial charge in [0.2, 0.25) is 5.91 Å². The van der Waals surface area contributed by atoms with Crippen LogP contribution in [0.2, 0.25) is 0 Å². The third-order valence-corrected chi connectivity index (χ3v) is 5.51. The largest absolute Gasteiger partial charge is 0.355 e. The Morgan fingerprint density at radius 1 is 1.02 bits per heavy atom. The molecular formula is C30H36N8O3. The van der Waals surface area contributed by atoms with E-state index in [2.05, 4.69) is 30.9 Å². The van der Waals surface area contributed by atoms with Gasteiger partial charge in [-0.1, -0.05) is 46.8 Å². The van der Waals surface area contributed by atoms with Crippen LogP contribution < -0.4 is 16.0 Å². The van der Waals surface area contributed by atoms with Crippen molar-refractivity contribution in [3.8, 4) is 12.1 Å². The van der Waals surface area contributed by atoms with E-state index in [4.69, 9.17) is 5.26 Å². The van der Waals surface area contributed by atoms with Gasteiger partial charge >= 0.3 is 0 Å². The number of nitriles is 2. The molecule has 4 N–H and O–H groups in total. The molecule has 0 spiro atoms. The standard InChI is InChI=1S/C24H26N6O2.C6H10N2O/c1-5-10-26-23(32)16(12-25)11-15-6-8-17(9-7-15)29-19-14-28-22-20(30-19)18(13-27-22)21(31)24(2,3)4;1-2-5-8-6(9)3-4-7/h6-9,11,13-14H,5,10H2,1-4H3,(H,26,32)(H,27,28)(H,29,30);2-3,5H2,1H3,(H,8,9). The van der Waals surface area contributed by atoms with Gasteiger partial charge in [0.1, 0.15) is 29.4 Å². The van der Waals surface area contributed by atoms with E-state index in [-0.39, 0.29) is 29.6 Å². The van der Waals surface area contributed by atoms with E-state index in [1.165, 1.54) is 0 Å². The first kappa shape index (κ1) is 32.2. The van der Waals surface area contributed by atoms with Crippen molar-refractivity contribution < 1.29 is 14.4 Å². The number of hydrogen-bond acceptors (Lipinski definition) is 8. The summed E-state index contributed by atoms with van der Waals surface area (Å²) < 4.78 is 0. The highest BCUT2D eigenvalue weighted by molar-refractivity contribution is 6.08. The lowest BCUT2D eigenvalue weighted by Crippen LogP contribution is -2.25. The summed E-state index contributed by atoms with van der Waals surface area (Å²) in [5.74, 6) is -0.0748. The summed E-state index contributed by atoms with van der Waals surface area (Å²) in [7, 11) is 0. The molecule has 2 aromatic heterocycles. The second kappa shape index (κ2) is 15.5. The summed E-state index contributed by atoms with van der Waals surface area (Å²) in [5, 5.41) is 25.7. The molecule has 0 saturated carbocycles. The number of aromatic amines is 1. The number of nitrogens with zero attached hydrogens (tertiary/aromatic N) is 4. The lowest BCUT2D eigenvalue weighted by molar-refractivity contribution is -0.120. The minimum Gasteiger partial charge on any atom is -0.355 e. The van der Waals surface area contributed by atoms with Crippen LogP contribution in [0.1, 0.15) is 69.8 Å². The van der Waals surface area contributed by atoms with Gasteiger partial charge in [0.05, 0.1) is 17.8 Å². The molecule has 41 heavy (non-hydrogen) atoms. The zero-order valence-corrected chi connectivity index (χ0v) is 24.1. The Balaban J connectivity index is 0.000000564. The molecule has 0 atom stereocenters. The maximum atomic E-state index is 12.7. The van der Waals surface area contributed by atoms with Crippen molar-refractivity contribution >= 4 is 46.3 Å². The van der Waals surface area contributed by atoms with Crippen LogP contribution >= 0.6 is 0 Å². The van der Waals surface area contributed by atoms with Crippen LogP contribution in [-0.4, -0.2) is 45.6 Å². The third kappa shape index (κ3) is 9.90. The molecule has 0 radical (unpaired) electrons. The number of ketones is 1. The first-order valence-corrected chi connectivity index (χ1v) is 13.3. The number of nitrogens with one attached hydrogen (secondary N) is 4. The van der Waals surface area contributed by atoms with Gasteiger partial charge in [-0.15, -0.1) is 0 Å². The van der Waals surface area contributed by atoms with E-state index in [9.17, 15) is 19.6 Å². The highest BCUT2D eigenvalue weighted by atomic mass is 16.2. The Morgan fingerprint density at radius 3 is 2.27 bits per heavy atom. The van der Waals surface area contributed by atoms with Crippen molar-refractivity contribution in [3.05, 3.63) is 53.4 Å². The summed E-state index contributed by atoms with van der Waals surface area (Å²) in [4.78, 5) is 47.1. The number of H-pyrrole nitrogens is 1. The van der Waals surface area contributed by atoms with Crippen molar-refractivity contribution in [2.75, 3.05) is 18.4 Å². The molecule has 0 aliphatic rings. The second-order valence-electron chi connectivity index (χ2n) is 10.1. The molecule has 3 aromatic rings. The number of hydrogen-bond donors (Lipinski definition) is 4. The lowest BCUT2D eigenvalue weighted by Gasteiger charge is -2.15. The van der Waals surface area contributed by atoms with Crippen molar-refractivity contribution in [3.63, 3.8) is 0 Å². The Morgan fingerprint density at radius 2 is 1.68 bits per heavy atom. The number of aromatic nitrogens is 3. The zero-order valence-electron chi connectivity index (χ0n) is 24.1. The number of Topliss-reactive ketones (excluding diaryl/α,β-unsaturated/α-hetero) is 1. The van der Waals surface area contributed by atoms with Gasteiger partial charge in [-0.25, -0.2) is 9.97 Å². The van der Waals surface area contributed by atoms with Crippen LogP contribution in [0, 0.1) is 28.1 Å². The number of carbonyl (C=O) groups is 3. The van der Waals surface area contributed by atoms with Gasteiger partial charge in [0, 0.05) is 30.4 Å². The molecule has 11 heteroatoms. The molecule has 2 heterocycles. The van der Waals surface area contributed by atoms with Gasteiger partial charge in [0.25, 0.3) is 5.91 Å². The van der Waals surface area contributed by atoms with Gasteiger partial charge in [-0.05, 0) is 36.6 Å². The predicted molar refractivity (Wildman–Crippen MR) is 158 cm³/mol. The monoisotopic (exact) mass is 556 g/mol. The minimum atomic E-state index is -0.528. The Labute approximate surface area is 240 Å². The second-order valence-corrected chi connectivity index (χ2v) is 10.1. The van der Waals surface area contributed by atoms with E-state index in [0.717, 1.165) is 24.1 Å². The highest BCUT2D eigenvalue weighted by Gasteiger charge is 2.26. The van der Waals surface area contributed by atoms with E-state index in [1.54, 1.807) is 36.7 Å². The van der Waals surface area contributed by atoms with E-state index < -0.39 is 5.41 Å². The molecule has 11 nitrogen and oxygen atoms in total. The summed E-state index contributed by atoms with van der Waals surface area (Å²) in [6.45, 7) is 10.7. The van der Waals surface area contributed by atoms with Crippen LogP contribution in [0.4, 0.5) is 11.5 Å². The summed E-state index contributed by atoms with van der Waals surface area (Å²) in [6.07, 6.45) is 6.46. The number of carbonyl (C=O) groups excluding carboxylic acids is 3. The number of anilines is 2. The smallest absolute Gasteiger partial charge is 0.261 e. The van der Waals surface area contributed by atoms with Crippen LogP contribution in [-0.2, 0) is 9.59 Å². The molecule has 3 rings (SSSR count). The highest BCUT2D eigenvalue weighted by Crippen LogP contribution is 2.26. The van der Waals surface area contributed by atoms with Crippen LogP contribution in [0.15, 0.2) is 42.2 Å². The fourth-order valence-corrected chi connectivity index (χ4v) is 3.39. The Bertz CT molecular complexity index is 1470. The first-order valence-electron chi connectivity index (χ1n) is 13.3. The van der Waals surface area contributed by atoms with Gasteiger partial charge in [0.15, 0.2) is 11.4 Å². The average Bonchev–Trinajstić information content (AvgIpc) is 3.37. The van der Waals surface area contributed by atoms with Crippen molar-refractivity contribution in [2.24, 2.45) is 5.41 Å². The molecule has 0 fully saturated rings. The fraction of sp³-hybridized carbons (Fsp3) is 0.367. The Hall–Kier alpha value is -5.03. The lowest BCUT2D eigenvalue weighted by atomic mass is 9.87. The molecule has 0 aliphatic carbocycles. The summed E-state index contributed by atoms with van der Waals surface area (Å²) in [6, 6.07) is 10.9. The average molecular weight is 557 g/mol. The third-order valence-electron chi connectivity index (χ3n) is 5.51. The quantitative estimate of drug-likeness (QED) is 0.156. The maximum absolute atomic E-state index is 12.7. The molecule has 214 valence electrons. The van der Waals surface area contributed by atoms with E-state index >= 15 is 0 Å². The molecule has 0 bridgehead atoms. The molecule has 0 unspecified atom stereocenters. The van der Waals surface area contributed by atoms with E-state index in [0.29, 0.717) is 35.6 Å². The van der Waals surface area contributed by atoms with Crippen molar-refractivity contribution in [1.82, 2.24) is 25.6 Å². The maximum Gasteiger partial charge on any atom is 0.261 e. The topological polar surface area (TPSA) is 176 Å². The van der Waals surface area contributed by atoms with E-state index in [1.807, 2.05) is 52.8 Å². The van der Waals surface area contributed by atoms with Crippen LogP contribution in [0.25, 0.3) is 17.2 Å². The van der Waals surface area contributed by atoms with Gasteiger partial charge < -0.3 is 20.9 Å². The Kier molecular flexibility index (Phi) is 12.2. The summed E-state index contributed by atoms with van der Waals surface area (Å²) in [5.41, 5.74) is 2.58. The minimum absolute atomic E-state index is 0.0115. The zero-order chi connectivity index (χ0) is 30.4. The van der Waals surface area contributed by atoms with Crippen molar-refractivity contribution in [1.29, 1.82) is 10.5 Å². The fourth-order valence-electron chi connectivity index (χ4n) is 3.39. The normalized spacial score (nSPS) is 11.0. The molecule has 2 amide bonds. The first-order chi connectivity index (χ1) is 19.5. The predicted octanol–water partition coefficient (Wildman–Crippen LogP) is 4.79. The SMILES string of the molecule is CCCNC(=O)C(C#N)=Cc1ccc(Nc2cnc3[nH]cc(C(=O)C(C)(C)C)c3n2)cc1.CCCNC(=O)CC#N. The molecule has 1 aromatic carbocycles. The summed E-state index contributed by atoms with van der Waals surface area (Å²) >= 11 is 0. The van der Waals surface area contributed by atoms with Crippen LogP contribution in [0.5, 0.6) is 0 Å². The van der Waals surface area contributed by atoms with Crippen LogP contribution in [0.3, 0.4) is 0 Å². The number of fused-ring (bicyclic) bond motifs is 1. The number of rotatable bonds is 10. The van der Waals surface area contributed by atoms with Gasteiger partial charge in [-0.3, -0.25) is 14.4 Å². The molecular weight excluding hydrogens is 520 g/mol. The van der Waals surface area contributed by atoms with Crippen molar-refractivity contribution in [2.45, 2.75) is 53.9 Å². The molecule has 0 aliphatic heterocycles. The van der Waals surface area contributed by atoms with Gasteiger partial charge in [-0.2, -0.15) is 10.5 Å². The molecule has 0 saturated heterocycles.